The van der Waals surface area contributed by atoms with Crippen molar-refractivity contribution in [3.63, 3.8) is 0 Å². The fourth-order valence-corrected chi connectivity index (χ4v) is 2.96. The Morgan fingerprint density at radius 2 is 1.50 bits per heavy atom. The molecule has 0 amide bonds. The third-order valence-electron chi connectivity index (χ3n) is 4.44. The second-order valence-electron chi connectivity index (χ2n) is 7.06. The van der Waals surface area contributed by atoms with Gasteiger partial charge in [-0.1, -0.05) is 95.5 Å². The van der Waals surface area contributed by atoms with Crippen molar-refractivity contribution in [2.45, 2.75) is 84.5 Å². The molecule has 0 spiro atoms. The number of rotatable bonds is 14. The van der Waals surface area contributed by atoms with Crippen molar-refractivity contribution in [2.24, 2.45) is 5.92 Å². The highest BCUT2D eigenvalue weighted by Crippen LogP contribution is 2.12. The first kappa shape index (κ1) is 20.7. The van der Waals surface area contributed by atoms with E-state index in [0.29, 0.717) is 18.9 Å². The molecule has 0 saturated heterocycles. The van der Waals surface area contributed by atoms with E-state index in [-0.39, 0.29) is 5.97 Å². The summed E-state index contributed by atoms with van der Waals surface area (Å²) < 4.78 is 5.41. The van der Waals surface area contributed by atoms with Crippen molar-refractivity contribution >= 4 is 5.97 Å². The first-order valence-electron chi connectivity index (χ1n) is 9.92. The van der Waals surface area contributed by atoms with Gasteiger partial charge in [0.05, 0.1) is 6.61 Å². The lowest BCUT2D eigenvalue weighted by atomic mass is 10.0. The third kappa shape index (κ3) is 11.3. The molecule has 0 N–H and O–H groups in total. The van der Waals surface area contributed by atoms with Gasteiger partial charge in [-0.3, -0.25) is 4.79 Å². The molecule has 1 rings (SSSR count). The van der Waals surface area contributed by atoms with E-state index in [9.17, 15) is 4.79 Å². The van der Waals surface area contributed by atoms with Crippen molar-refractivity contribution in [3.05, 3.63) is 35.9 Å². The van der Waals surface area contributed by atoms with Gasteiger partial charge >= 0.3 is 5.97 Å². The minimum absolute atomic E-state index is 0.0298. The molecule has 0 heterocycles. The summed E-state index contributed by atoms with van der Waals surface area (Å²) in [5.41, 5.74) is 1.31. The Labute approximate surface area is 149 Å². The number of esters is 1. The van der Waals surface area contributed by atoms with E-state index < -0.39 is 0 Å². The normalized spacial score (nSPS) is 12.1. The lowest BCUT2D eigenvalue weighted by Crippen LogP contribution is -2.13. The van der Waals surface area contributed by atoms with Gasteiger partial charge < -0.3 is 4.74 Å². The molecular weight excluding hydrogens is 296 g/mol. The minimum atomic E-state index is -0.0298. The highest BCUT2D eigenvalue weighted by atomic mass is 16.5. The molecular formula is C22H36O2. The molecule has 0 saturated carbocycles. The number of carbonyl (C=O) groups excluding carboxylic acids is 1. The van der Waals surface area contributed by atoms with Crippen molar-refractivity contribution < 1.29 is 9.53 Å². The molecule has 0 aliphatic heterocycles. The van der Waals surface area contributed by atoms with E-state index in [2.05, 4.69) is 38.1 Å². The van der Waals surface area contributed by atoms with Crippen molar-refractivity contribution in [2.75, 3.05) is 6.61 Å². The largest absolute Gasteiger partial charge is 0.465 e. The number of unbranched alkanes of at least 4 members (excludes halogenated alkanes) is 8. The Hall–Kier alpha value is -1.31. The van der Waals surface area contributed by atoms with E-state index in [4.69, 9.17) is 4.74 Å². The second-order valence-corrected chi connectivity index (χ2v) is 7.06. The van der Waals surface area contributed by atoms with Crippen molar-refractivity contribution in [1.82, 2.24) is 0 Å². The average molecular weight is 333 g/mol. The number of hydrogen-bond donors (Lipinski definition) is 0. The predicted octanol–water partition coefficient (Wildman–Crippen LogP) is 6.33. The molecule has 0 aliphatic rings. The van der Waals surface area contributed by atoms with E-state index in [1.54, 1.807) is 0 Å². The summed E-state index contributed by atoms with van der Waals surface area (Å²) in [6, 6.07) is 10.4. The summed E-state index contributed by atoms with van der Waals surface area (Å²) in [6.45, 7) is 4.92. The average Bonchev–Trinajstić information content (AvgIpc) is 2.59. The van der Waals surface area contributed by atoms with Gasteiger partial charge in [0.25, 0.3) is 0 Å². The van der Waals surface area contributed by atoms with E-state index in [0.717, 1.165) is 19.3 Å². The summed E-state index contributed by atoms with van der Waals surface area (Å²) in [5.74, 6) is 0.345. The summed E-state index contributed by atoms with van der Waals surface area (Å²) in [7, 11) is 0. The molecule has 0 unspecified atom stereocenters. The lowest BCUT2D eigenvalue weighted by molar-refractivity contribution is -0.145. The van der Waals surface area contributed by atoms with E-state index >= 15 is 0 Å². The molecule has 0 bridgehead atoms. The van der Waals surface area contributed by atoms with Crippen LogP contribution in [0.15, 0.2) is 30.3 Å². The van der Waals surface area contributed by atoms with Crippen LogP contribution >= 0.6 is 0 Å². The van der Waals surface area contributed by atoms with Crippen LogP contribution in [0.1, 0.15) is 83.6 Å². The molecule has 24 heavy (non-hydrogen) atoms. The first-order valence-corrected chi connectivity index (χ1v) is 9.92. The molecule has 2 nitrogen and oxygen atoms in total. The molecule has 0 aromatic heterocycles. The Bertz CT molecular complexity index is 413. The highest BCUT2D eigenvalue weighted by Gasteiger charge is 2.08. The summed E-state index contributed by atoms with van der Waals surface area (Å²) in [6.07, 6.45) is 13.0. The van der Waals surface area contributed by atoms with Gasteiger partial charge in [0.1, 0.15) is 0 Å². The maximum absolute atomic E-state index is 11.8. The van der Waals surface area contributed by atoms with Gasteiger partial charge in [0.2, 0.25) is 0 Å². The zero-order valence-corrected chi connectivity index (χ0v) is 15.8. The monoisotopic (exact) mass is 332 g/mol. The first-order chi connectivity index (χ1) is 11.7. The summed E-state index contributed by atoms with van der Waals surface area (Å²) in [5, 5.41) is 0. The van der Waals surface area contributed by atoms with Gasteiger partial charge in [0.15, 0.2) is 0 Å². The van der Waals surface area contributed by atoms with Gasteiger partial charge in [-0.05, 0) is 24.3 Å². The van der Waals surface area contributed by atoms with Crippen molar-refractivity contribution in [3.8, 4) is 0 Å². The third-order valence-corrected chi connectivity index (χ3v) is 4.44. The van der Waals surface area contributed by atoms with Crippen LogP contribution in [-0.4, -0.2) is 12.6 Å². The van der Waals surface area contributed by atoms with Crippen LogP contribution in [0.2, 0.25) is 0 Å². The smallest absolute Gasteiger partial charge is 0.305 e. The van der Waals surface area contributed by atoms with Crippen LogP contribution in [0.4, 0.5) is 0 Å². The molecule has 0 fully saturated rings. The van der Waals surface area contributed by atoms with Crippen LogP contribution in [0.25, 0.3) is 0 Å². The number of carbonyl (C=O) groups is 1. The standard InChI is InChI=1S/C22H36O2/c1-3-4-5-6-7-8-9-10-14-17-22(23)24-19-20(2)18-21-15-12-11-13-16-21/h11-13,15-16,20H,3-10,14,17-19H2,1-2H3/t20-/m1/s1. The molecule has 136 valence electrons. The molecule has 1 aromatic carbocycles. The Morgan fingerprint density at radius 3 is 2.12 bits per heavy atom. The summed E-state index contributed by atoms with van der Waals surface area (Å²) in [4.78, 5) is 11.8. The van der Waals surface area contributed by atoms with Crippen LogP contribution in [0, 0.1) is 5.92 Å². The second kappa shape index (κ2) is 14.1. The number of hydrogen-bond acceptors (Lipinski definition) is 2. The maximum Gasteiger partial charge on any atom is 0.305 e. The topological polar surface area (TPSA) is 26.3 Å². The van der Waals surface area contributed by atoms with E-state index in [1.165, 1.54) is 50.5 Å². The SMILES string of the molecule is CCCCCCCCCCCC(=O)OC[C@H](C)Cc1ccccc1. The lowest BCUT2D eigenvalue weighted by Gasteiger charge is -2.12. The maximum atomic E-state index is 11.8. The minimum Gasteiger partial charge on any atom is -0.465 e. The zero-order valence-electron chi connectivity index (χ0n) is 15.8. The van der Waals surface area contributed by atoms with Crippen molar-refractivity contribution in [1.29, 1.82) is 0 Å². The zero-order chi connectivity index (χ0) is 17.5. The van der Waals surface area contributed by atoms with Gasteiger partial charge in [-0.15, -0.1) is 0 Å². The Morgan fingerprint density at radius 1 is 0.917 bits per heavy atom. The van der Waals surface area contributed by atoms with Crippen LogP contribution in [0.5, 0.6) is 0 Å². The Kier molecular flexibility index (Phi) is 12.2. The van der Waals surface area contributed by atoms with Crippen LogP contribution < -0.4 is 0 Å². The number of ether oxygens (including phenoxy) is 1. The number of benzene rings is 1. The molecule has 1 aromatic rings. The van der Waals surface area contributed by atoms with Crippen LogP contribution in [-0.2, 0) is 16.0 Å². The molecule has 2 heteroatoms. The van der Waals surface area contributed by atoms with Crippen LogP contribution in [0.3, 0.4) is 0 Å². The van der Waals surface area contributed by atoms with Gasteiger partial charge in [-0.25, -0.2) is 0 Å². The Balaban J connectivity index is 1.94. The molecule has 1 atom stereocenters. The highest BCUT2D eigenvalue weighted by molar-refractivity contribution is 5.69. The fourth-order valence-electron chi connectivity index (χ4n) is 2.96. The summed E-state index contributed by atoms with van der Waals surface area (Å²) >= 11 is 0. The van der Waals surface area contributed by atoms with E-state index in [1.807, 2.05) is 6.07 Å². The van der Waals surface area contributed by atoms with Gasteiger partial charge in [0, 0.05) is 6.42 Å². The molecule has 0 radical (unpaired) electrons. The fraction of sp³-hybridized carbons (Fsp3) is 0.682. The molecule has 0 aliphatic carbocycles. The predicted molar refractivity (Wildman–Crippen MR) is 102 cm³/mol. The van der Waals surface area contributed by atoms with Gasteiger partial charge in [-0.2, -0.15) is 0 Å². The quantitative estimate of drug-likeness (QED) is 0.294.